The monoisotopic (exact) mass is 388 g/mol. The number of nitrogens with two attached hydrogens (primary N) is 1. The minimum Gasteiger partial charge on any atom is -0.444 e. The molecule has 5 heteroatoms. The van der Waals surface area contributed by atoms with Gasteiger partial charge in [0.15, 0.2) is 0 Å². The molecule has 0 aromatic heterocycles. The zero-order valence-electron chi connectivity index (χ0n) is 12.1. The van der Waals surface area contributed by atoms with Gasteiger partial charge in [0.2, 0.25) is 0 Å². The highest BCUT2D eigenvalue weighted by Crippen LogP contribution is 2.27. The molecule has 1 aliphatic rings. The van der Waals surface area contributed by atoms with Crippen LogP contribution >= 0.6 is 22.6 Å². The number of rotatable bonds is 0. The predicted molar refractivity (Wildman–Crippen MR) is 87.3 cm³/mol. The van der Waals surface area contributed by atoms with Crippen LogP contribution in [0.2, 0.25) is 0 Å². The van der Waals surface area contributed by atoms with E-state index in [2.05, 4.69) is 40.8 Å². The van der Waals surface area contributed by atoms with E-state index in [4.69, 9.17) is 10.5 Å². The number of benzene rings is 1. The minimum absolute atomic E-state index is 0.0190. The molecule has 20 heavy (non-hydrogen) atoms. The van der Waals surface area contributed by atoms with Crippen molar-refractivity contribution in [3.63, 3.8) is 0 Å². The molecule has 2 N–H and O–H groups in total. The van der Waals surface area contributed by atoms with Crippen LogP contribution in [0.3, 0.4) is 0 Å². The Morgan fingerprint density at radius 2 is 2.15 bits per heavy atom. The molecule has 0 bridgehead atoms. The fraction of sp³-hybridized carbons (Fsp3) is 0.533. The molecular weight excluding hydrogens is 367 g/mol. The van der Waals surface area contributed by atoms with Crippen molar-refractivity contribution in [1.29, 1.82) is 0 Å². The third kappa shape index (κ3) is 3.85. The van der Waals surface area contributed by atoms with Gasteiger partial charge in [0.05, 0.1) is 0 Å². The number of carbonyl (C=O) groups is 1. The first kappa shape index (κ1) is 15.6. The van der Waals surface area contributed by atoms with Crippen LogP contribution < -0.4 is 5.73 Å². The summed E-state index contributed by atoms with van der Waals surface area (Å²) in [5.74, 6) is 0. The Hall–Kier alpha value is -0.820. The SMILES string of the molecule is CC(C)(C)OC(=O)N1CCC(N)c2ccc(I)cc2C1. The molecule has 1 aliphatic heterocycles. The predicted octanol–water partition coefficient (Wildman–Crippen LogP) is 3.43. The molecule has 0 radical (unpaired) electrons. The highest BCUT2D eigenvalue weighted by molar-refractivity contribution is 14.1. The van der Waals surface area contributed by atoms with Gasteiger partial charge in [-0.25, -0.2) is 4.79 Å². The van der Waals surface area contributed by atoms with Crippen LogP contribution in [0, 0.1) is 3.57 Å². The summed E-state index contributed by atoms with van der Waals surface area (Å²) in [6.45, 7) is 6.83. The molecule has 0 spiro atoms. The second kappa shape index (κ2) is 5.89. The zero-order chi connectivity index (χ0) is 14.9. The van der Waals surface area contributed by atoms with E-state index in [1.54, 1.807) is 4.90 Å². The maximum atomic E-state index is 12.2. The van der Waals surface area contributed by atoms with Gasteiger partial charge in [-0.1, -0.05) is 6.07 Å². The first-order valence-corrected chi connectivity index (χ1v) is 7.86. The average molecular weight is 388 g/mol. The Morgan fingerprint density at radius 3 is 2.80 bits per heavy atom. The number of carbonyl (C=O) groups excluding carboxylic acids is 1. The summed E-state index contributed by atoms with van der Waals surface area (Å²) in [7, 11) is 0. The summed E-state index contributed by atoms with van der Waals surface area (Å²) < 4.78 is 6.61. The van der Waals surface area contributed by atoms with E-state index in [1.165, 1.54) is 0 Å². The molecule has 1 atom stereocenters. The molecule has 1 unspecified atom stereocenters. The van der Waals surface area contributed by atoms with Gasteiger partial charge in [-0.3, -0.25) is 0 Å². The number of fused-ring (bicyclic) bond motifs is 1. The van der Waals surface area contributed by atoms with E-state index in [1.807, 2.05) is 20.8 Å². The van der Waals surface area contributed by atoms with Crippen molar-refractivity contribution in [3.05, 3.63) is 32.9 Å². The molecule has 4 nitrogen and oxygen atoms in total. The van der Waals surface area contributed by atoms with Crippen molar-refractivity contribution in [3.8, 4) is 0 Å². The molecule has 1 aromatic carbocycles. The van der Waals surface area contributed by atoms with Crippen LogP contribution in [0.1, 0.15) is 44.4 Å². The zero-order valence-corrected chi connectivity index (χ0v) is 14.3. The second-order valence-electron chi connectivity index (χ2n) is 6.14. The first-order chi connectivity index (χ1) is 9.26. The third-order valence-corrected chi connectivity index (χ3v) is 3.90. The number of amides is 1. The summed E-state index contributed by atoms with van der Waals surface area (Å²) in [6.07, 6.45) is 0.490. The van der Waals surface area contributed by atoms with Gasteiger partial charge < -0.3 is 15.4 Å². The molecule has 0 saturated heterocycles. The Labute approximate surface area is 133 Å². The van der Waals surface area contributed by atoms with E-state index in [-0.39, 0.29) is 12.1 Å². The molecule has 1 heterocycles. The Bertz CT molecular complexity index is 511. The highest BCUT2D eigenvalue weighted by Gasteiger charge is 2.26. The standard InChI is InChI=1S/C15H21IN2O2/c1-15(2,3)20-14(19)18-7-6-13(17)12-5-4-11(16)8-10(12)9-18/h4-5,8,13H,6-7,9,17H2,1-3H3. The quantitative estimate of drug-likeness (QED) is 0.693. The maximum Gasteiger partial charge on any atom is 0.410 e. The van der Waals surface area contributed by atoms with Crippen LogP contribution in [0.15, 0.2) is 18.2 Å². The summed E-state index contributed by atoms with van der Waals surface area (Å²) in [5.41, 5.74) is 7.99. The number of ether oxygens (including phenoxy) is 1. The smallest absolute Gasteiger partial charge is 0.410 e. The van der Waals surface area contributed by atoms with Crippen molar-refractivity contribution in [2.45, 2.75) is 45.4 Å². The van der Waals surface area contributed by atoms with Gasteiger partial charge in [0.25, 0.3) is 0 Å². The number of hydrogen-bond donors (Lipinski definition) is 1. The van der Waals surface area contributed by atoms with E-state index in [0.29, 0.717) is 13.1 Å². The van der Waals surface area contributed by atoms with Gasteiger partial charge in [-0.15, -0.1) is 0 Å². The summed E-state index contributed by atoms with van der Waals surface area (Å²) >= 11 is 2.28. The Balaban J connectivity index is 2.22. The highest BCUT2D eigenvalue weighted by atomic mass is 127. The molecule has 0 saturated carbocycles. The van der Waals surface area contributed by atoms with Crippen LogP contribution in [0.5, 0.6) is 0 Å². The van der Waals surface area contributed by atoms with Gasteiger partial charge in [0, 0.05) is 22.7 Å². The summed E-state index contributed by atoms with van der Waals surface area (Å²) in [5, 5.41) is 0. The third-order valence-electron chi connectivity index (χ3n) is 3.23. The van der Waals surface area contributed by atoms with E-state index in [9.17, 15) is 4.79 Å². The fourth-order valence-electron chi connectivity index (χ4n) is 2.29. The number of halogens is 1. The van der Waals surface area contributed by atoms with Crippen LogP contribution in [-0.2, 0) is 11.3 Å². The van der Waals surface area contributed by atoms with Gasteiger partial charge in [0.1, 0.15) is 5.60 Å². The molecule has 0 aliphatic carbocycles. The molecule has 110 valence electrons. The lowest BCUT2D eigenvalue weighted by Gasteiger charge is -2.26. The summed E-state index contributed by atoms with van der Waals surface area (Å²) in [6, 6.07) is 6.20. The second-order valence-corrected chi connectivity index (χ2v) is 7.39. The van der Waals surface area contributed by atoms with Crippen molar-refractivity contribution in [2.24, 2.45) is 5.73 Å². The van der Waals surface area contributed by atoms with Crippen molar-refractivity contribution in [2.75, 3.05) is 6.54 Å². The minimum atomic E-state index is -0.473. The first-order valence-electron chi connectivity index (χ1n) is 6.78. The molecule has 1 amide bonds. The lowest BCUT2D eigenvalue weighted by Crippen LogP contribution is -2.36. The van der Waals surface area contributed by atoms with Crippen LogP contribution in [0.4, 0.5) is 4.79 Å². The van der Waals surface area contributed by atoms with E-state index < -0.39 is 5.60 Å². The van der Waals surface area contributed by atoms with Crippen molar-refractivity contribution >= 4 is 28.7 Å². The Morgan fingerprint density at radius 1 is 1.45 bits per heavy atom. The van der Waals surface area contributed by atoms with Crippen LogP contribution in [0.25, 0.3) is 0 Å². The number of nitrogens with zero attached hydrogens (tertiary/aromatic N) is 1. The van der Waals surface area contributed by atoms with Crippen molar-refractivity contribution < 1.29 is 9.53 Å². The van der Waals surface area contributed by atoms with Gasteiger partial charge >= 0.3 is 6.09 Å². The molecule has 2 rings (SSSR count). The molecular formula is C15H21IN2O2. The van der Waals surface area contributed by atoms with Crippen molar-refractivity contribution in [1.82, 2.24) is 4.90 Å². The topological polar surface area (TPSA) is 55.6 Å². The van der Waals surface area contributed by atoms with E-state index in [0.717, 1.165) is 21.1 Å². The van der Waals surface area contributed by atoms with Gasteiger partial charge in [-0.05, 0) is 73.0 Å². The fourth-order valence-corrected chi connectivity index (χ4v) is 2.85. The van der Waals surface area contributed by atoms with Gasteiger partial charge in [-0.2, -0.15) is 0 Å². The average Bonchev–Trinajstić information content (AvgIpc) is 2.46. The molecule has 1 aromatic rings. The van der Waals surface area contributed by atoms with Crippen LogP contribution in [-0.4, -0.2) is 23.1 Å². The molecule has 0 fully saturated rings. The largest absolute Gasteiger partial charge is 0.444 e. The maximum absolute atomic E-state index is 12.2. The lowest BCUT2D eigenvalue weighted by molar-refractivity contribution is 0.0235. The normalized spacial score (nSPS) is 19.2. The Kier molecular flexibility index (Phi) is 4.59. The summed E-state index contributed by atoms with van der Waals surface area (Å²) in [4.78, 5) is 14.0. The van der Waals surface area contributed by atoms with E-state index >= 15 is 0 Å². The number of hydrogen-bond acceptors (Lipinski definition) is 3. The lowest BCUT2D eigenvalue weighted by atomic mass is 10.0.